The molecule has 0 atom stereocenters. The summed E-state index contributed by atoms with van der Waals surface area (Å²) in [6, 6.07) is 7.10. The second-order valence-electron chi connectivity index (χ2n) is 3.02. The third kappa shape index (κ3) is 2.40. The SMILES string of the molecule is Nc1ncc(Oc2ccc(Br)cc2)c(=O)[nH]1. The Morgan fingerprint density at radius 1 is 1.31 bits per heavy atom. The maximum Gasteiger partial charge on any atom is 0.295 e. The maximum atomic E-state index is 11.4. The summed E-state index contributed by atoms with van der Waals surface area (Å²) in [5, 5.41) is 0. The summed E-state index contributed by atoms with van der Waals surface area (Å²) in [7, 11) is 0. The number of nitrogens with zero attached hydrogens (tertiary/aromatic N) is 1. The normalized spacial score (nSPS) is 10.1. The fourth-order valence-electron chi connectivity index (χ4n) is 1.10. The minimum Gasteiger partial charge on any atom is -0.450 e. The number of ether oxygens (including phenoxy) is 1. The largest absolute Gasteiger partial charge is 0.450 e. The summed E-state index contributed by atoms with van der Waals surface area (Å²) >= 11 is 3.30. The number of anilines is 1. The first-order chi connectivity index (χ1) is 7.65. The van der Waals surface area contributed by atoms with Crippen LogP contribution in [0.25, 0.3) is 0 Å². The van der Waals surface area contributed by atoms with E-state index < -0.39 is 5.56 Å². The minimum atomic E-state index is -0.407. The van der Waals surface area contributed by atoms with Gasteiger partial charge in [0.2, 0.25) is 5.75 Å². The first-order valence-corrected chi connectivity index (χ1v) is 5.22. The molecule has 0 saturated heterocycles. The van der Waals surface area contributed by atoms with Crippen LogP contribution in [0.1, 0.15) is 0 Å². The molecule has 0 spiro atoms. The second-order valence-corrected chi connectivity index (χ2v) is 3.93. The van der Waals surface area contributed by atoms with Crippen LogP contribution >= 0.6 is 15.9 Å². The molecule has 0 amide bonds. The third-order valence-electron chi connectivity index (χ3n) is 1.83. The average Bonchev–Trinajstić information content (AvgIpc) is 2.25. The smallest absolute Gasteiger partial charge is 0.295 e. The van der Waals surface area contributed by atoms with E-state index in [9.17, 15) is 4.79 Å². The Bertz CT molecular complexity index is 551. The molecule has 6 heteroatoms. The van der Waals surface area contributed by atoms with E-state index in [1.165, 1.54) is 6.20 Å². The van der Waals surface area contributed by atoms with Crippen molar-refractivity contribution in [2.75, 3.05) is 5.73 Å². The molecule has 0 fully saturated rings. The van der Waals surface area contributed by atoms with Crippen LogP contribution in [0.5, 0.6) is 11.5 Å². The van der Waals surface area contributed by atoms with Gasteiger partial charge in [-0.1, -0.05) is 15.9 Å². The zero-order valence-corrected chi connectivity index (χ0v) is 9.69. The molecule has 0 aliphatic heterocycles. The van der Waals surface area contributed by atoms with Crippen LogP contribution in [0.15, 0.2) is 39.7 Å². The van der Waals surface area contributed by atoms with E-state index in [1.807, 2.05) is 12.1 Å². The number of aromatic nitrogens is 2. The molecular weight excluding hydrogens is 274 g/mol. The van der Waals surface area contributed by atoms with Gasteiger partial charge in [0, 0.05) is 4.47 Å². The Balaban J connectivity index is 2.27. The average molecular weight is 282 g/mol. The molecule has 0 aliphatic rings. The summed E-state index contributed by atoms with van der Waals surface area (Å²) in [4.78, 5) is 17.5. The van der Waals surface area contributed by atoms with Crippen molar-refractivity contribution < 1.29 is 4.74 Å². The van der Waals surface area contributed by atoms with Gasteiger partial charge in [-0.25, -0.2) is 4.98 Å². The first-order valence-electron chi connectivity index (χ1n) is 4.43. The van der Waals surface area contributed by atoms with Gasteiger partial charge < -0.3 is 10.5 Å². The predicted molar refractivity (Wildman–Crippen MR) is 63.5 cm³/mol. The van der Waals surface area contributed by atoms with Crippen molar-refractivity contribution in [3.8, 4) is 11.5 Å². The molecule has 2 rings (SSSR count). The predicted octanol–water partition coefficient (Wildman–Crippen LogP) is 1.91. The molecule has 0 bridgehead atoms. The van der Waals surface area contributed by atoms with Gasteiger partial charge >= 0.3 is 0 Å². The van der Waals surface area contributed by atoms with Crippen LogP contribution < -0.4 is 16.0 Å². The lowest BCUT2D eigenvalue weighted by Crippen LogP contribution is -2.12. The van der Waals surface area contributed by atoms with Gasteiger partial charge in [-0.3, -0.25) is 9.78 Å². The Hall–Kier alpha value is -1.82. The number of hydrogen-bond donors (Lipinski definition) is 2. The standard InChI is InChI=1S/C10H8BrN3O2/c11-6-1-3-7(4-2-6)16-8-5-13-10(12)14-9(8)15/h1-5H,(H3,12,13,14,15). The molecular formula is C10H8BrN3O2. The van der Waals surface area contributed by atoms with Crippen LogP contribution in [-0.4, -0.2) is 9.97 Å². The van der Waals surface area contributed by atoms with Gasteiger partial charge in [0.25, 0.3) is 5.56 Å². The lowest BCUT2D eigenvalue weighted by Gasteiger charge is -2.04. The summed E-state index contributed by atoms with van der Waals surface area (Å²) in [6.45, 7) is 0. The Morgan fingerprint density at radius 3 is 2.62 bits per heavy atom. The molecule has 3 N–H and O–H groups in total. The van der Waals surface area contributed by atoms with E-state index in [1.54, 1.807) is 12.1 Å². The summed E-state index contributed by atoms with van der Waals surface area (Å²) in [5.74, 6) is 0.727. The molecule has 1 heterocycles. The van der Waals surface area contributed by atoms with Gasteiger partial charge in [-0.15, -0.1) is 0 Å². The maximum absolute atomic E-state index is 11.4. The highest BCUT2D eigenvalue weighted by Crippen LogP contribution is 2.20. The van der Waals surface area contributed by atoms with Crippen molar-refractivity contribution in [3.05, 3.63) is 45.3 Å². The van der Waals surface area contributed by atoms with Gasteiger partial charge in [0.05, 0.1) is 6.20 Å². The number of hydrogen-bond acceptors (Lipinski definition) is 4. The van der Waals surface area contributed by atoms with E-state index in [4.69, 9.17) is 10.5 Å². The highest BCUT2D eigenvalue weighted by molar-refractivity contribution is 9.10. The molecule has 0 saturated carbocycles. The number of nitrogens with two attached hydrogens (primary N) is 1. The molecule has 0 radical (unpaired) electrons. The van der Waals surface area contributed by atoms with Crippen LogP contribution in [-0.2, 0) is 0 Å². The van der Waals surface area contributed by atoms with Crippen molar-refractivity contribution in [3.63, 3.8) is 0 Å². The van der Waals surface area contributed by atoms with Crippen molar-refractivity contribution >= 4 is 21.9 Å². The number of nitrogens with one attached hydrogen (secondary N) is 1. The van der Waals surface area contributed by atoms with Crippen molar-refractivity contribution in [2.24, 2.45) is 0 Å². The van der Waals surface area contributed by atoms with E-state index in [0.717, 1.165) is 4.47 Å². The lowest BCUT2D eigenvalue weighted by molar-refractivity contribution is 0.472. The van der Waals surface area contributed by atoms with Crippen LogP contribution in [0.2, 0.25) is 0 Å². The fourth-order valence-corrected chi connectivity index (χ4v) is 1.36. The monoisotopic (exact) mass is 281 g/mol. The van der Waals surface area contributed by atoms with Gasteiger partial charge in [-0.05, 0) is 24.3 Å². The van der Waals surface area contributed by atoms with Crippen molar-refractivity contribution in [1.29, 1.82) is 0 Å². The molecule has 5 nitrogen and oxygen atoms in total. The zero-order chi connectivity index (χ0) is 11.5. The van der Waals surface area contributed by atoms with Crippen LogP contribution in [0.4, 0.5) is 5.95 Å². The van der Waals surface area contributed by atoms with Crippen LogP contribution in [0.3, 0.4) is 0 Å². The molecule has 16 heavy (non-hydrogen) atoms. The minimum absolute atomic E-state index is 0.0631. The number of benzene rings is 1. The van der Waals surface area contributed by atoms with Crippen LogP contribution in [0, 0.1) is 0 Å². The number of halogens is 1. The summed E-state index contributed by atoms with van der Waals surface area (Å²) in [6.07, 6.45) is 1.29. The lowest BCUT2D eigenvalue weighted by atomic mass is 10.3. The molecule has 0 aliphatic carbocycles. The van der Waals surface area contributed by atoms with E-state index in [2.05, 4.69) is 25.9 Å². The fraction of sp³-hybridized carbons (Fsp3) is 0. The molecule has 82 valence electrons. The van der Waals surface area contributed by atoms with Gasteiger partial charge in [-0.2, -0.15) is 0 Å². The third-order valence-corrected chi connectivity index (χ3v) is 2.36. The number of H-pyrrole nitrogens is 1. The molecule has 0 unspecified atom stereocenters. The zero-order valence-electron chi connectivity index (χ0n) is 8.11. The van der Waals surface area contributed by atoms with Crippen molar-refractivity contribution in [1.82, 2.24) is 9.97 Å². The Kier molecular flexibility index (Phi) is 2.91. The quantitative estimate of drug-likeness (QED) is 0.881. The number of rotatable bonds is 2. The topological polar surface area (TPSA) is 81.0 Å². The highest BCUT2D eigenvalue weighted by atomic mass is 79.9. The summed E-state index contributed by atoms with van der Waals surface area (Å²) in [5.41, 5.74) is 4.91. The Labute approximate surface area is 99.4 Å². The Morgan fingerprint density at radius 2 is 2.00 bits per heavy atom. The first kappa shape index (κ1) is 10.7. The molecule has 1 aromatic heterocycles. The van der Waals surface area contributed by atoms with Gasteiger partial charge in [0.1, 0.15) is 5.75 Å². The van der Waals surface area contributed by atoms with E-state index in [-0.39, 0.29) is 11.7 Å². The van der Waals surface area contributed by atoms with E-state index in [0.29, 0.717) is 5.75 Å². The van der Waals surface area contributed by atoms with E-state index >= 15 is 0 Å². The number of aromatic amines is 1. The van der Waals surface area contributed by atoms with Gasteiger partial charge in [0.15, 0.2) is 5.95 Å². The molecule has 1 aromatic carbocycles. The number of nitrogen functional groups attached to an aromatic ring is 1. The highest BCUT2D eigenvalue weighted by Gasteiger charge is 2.03. The second kappa shape index (κ2) is 4.36. The van der Waals surface area contributed by atoms with Crippen molar-refractivity contribution in [2.45, 2.75) is 0 Å². The molecule has 2 aromatic rings. The summed E-state index contributed by atoms with van der Waals surface area (Å²) < 4.78 is 6.27.